The van der Waals surface area contributed by atoms with Crippen molar-refractivity contribution >= 4 is 29.4 Å². The molecule has 0 aliphatic heterocycles. The van der Waals surface area contributed by atoms with Crippen molar-refractivity contribution in [3.8, 4) is 5.75 Å². The second kappa shape index (κ2) is 11.1. The molecule has 1 amide bonds. The number of rotatable bonds is 10. The maximum absolute atomic E-state index is 12.5. The number of Topliss-reactive ketones (excluding diaryl/α,β-unsaturated/α-hetero) is 1. The molecule has 0 aromatic heterocycles. The van der Waals surface area contributed by atoms with Gasteiger partial charge in [-0.05, 0) is 42.7 Å². The molecule has 2 aromatic rings. The van der Waals surface area contributed by atoms with E-state index in [1.54, 1.807) is 66.4 Å². The van der Waals surface area contributed by atoms with Crippen molar-refractivity contribution < 1.29 is 23.9 Å². The number of ether oxygens (including phenoxy) is 2. The molecule has 0 heterocycles. The zero-order chi connectivity index (χ0) is 20.4. The lowest BCUT2D eigenvalue weighted by Gasteiger charge is -2.17. The van der Waals surface area contributed by atoms with Crippen molar-refractivity contribution in [1.82, 2.24) is 5.32 Å². The van der Waals surface area contributed by atoms with Crippen molar-refractivity contribution in [3.05, 3.63) is 65.7 Å². The van der Waals surface area contributed by atoms with Crippen LogP contribution in [-0.4, -0.2) is 49.4 Å². The van der Waals surface area contributed by atoms with E-state index in [4.69, 9.17) is 9.47 Å². The van der Waals surface area contributed by atoms with Crippen LogP contribution in [0.1, 0.15) is 27.1 Å². The van der Waals surface area contributed by atoms with Gasteiger partial charge >= 0.3 is 5.97 Å². The van der Waals surface area contributed by atoms with Gasteiger partial charge < -0.3 is 14.8 Å². The van der Waals surface area contributed by atoms with Gasteiger partial charge in [0, 0.05) is 5.56 Å². The highest BCUT2D eigenvalue weighted by Crippen LogP contribution is 2.18. The number of hydrogen-bond donors (Lipinski definition) is 1. The number of esters is 1. The molecule has 0 aliphatic rings. The molecule has 0 radical (unpaired) electrons. The Balaban J connectivity index is 2.00. The van der Waals surface area contributed by atoms with Gasteiger partial charge in [-0.25, -0.2) is 4.79 Å². The minimum absolute atomic E-state index is 0.340. The quantitative estimate of drug-likeness (QED) is 0.487. The van der Waals surface area contributed by atoms with Crippen molar-refractivity contribution in [2.75, 3.05) is 25.7 Å². The number of nitrogens with one attached hydrogen (secondary N) is 1. The number of methoxy groups -OCH3 is 1. The number of carbonyl (C=O) groups excluding carboxylic acids is 3. The molecular weight excluding hydrogens is 378 g/mol. The van der Waals surface area contributed by atoms with E-state index < -0.39 is 18.6 Å². The van der Waals surface area contributed by atoms with Crippen molar-refractivity contribution in [3.63, 3.8) is 0 Å². The molecule has 6 nitrogen and oxygen atoms in total. The molecule has 0 bridgehead atoms. The summed E-state index contributed by atoms with van der Waals surface area (Å²) in [7, 11) is 1.47. The van der Waals surface area contributed by atoms with Crippen LogP contribution in [-0.2, 0) is 9.53 Å². The van der Waals surface area contributed by atoms with Gasteiger partial charge in [0.05, 0.1) is 12.7 Å². The molecule has 0 saturated heterocycles. The summed E-state index contributed by atoms with van der Waals surface area (Å²) in [5.74, 6) is -0.292. The van der Waals surface area contributed by atoms with Crippen LogP contribution in [0.4, 0.5) is 0 Å². The van der Waals surface area contributed by atoms with Gasteiger partial charge in [-0.3, -0.25) is 9.59 Å². The molecule has 0 aliphatic carbocycles. The molecule has 1 atom stereocenters. The van der Waals surface area contributed by atoms with Crippen molar-refractivity contribution in [2.45, 2.75) is 12.5 Å². The standard InChI is InChI=1S/C21H23NO5S/c1-26-19-11-7-6-10-16(19)18(23)14-27-21(25)17(12-13-28-2)22-20(24)15-8-4-3-5-9-15/h3-11,17H,12-14H2,1-2H3,(H,22,24)/t17-/m1/s1. The SMILES string of the molecule is COc1ccccc1C(=O)COC(=O)[C@@H](CCSC)NC(=O)c1ccccc1. The van der Waals surface area contributed by atoms with E-state index in [9.17, 15) is 14.4 Å². The third-order valence-corrected chi connectivity index (χ3v) is 4.63. The maximum Gasteiger partial charge on any atom is 0.329 e. The summed E-state index contributed by atoms with van der Waals surface area (Å²) in [4.78, 5) is 37.2. The predicted octanol–water partition coefficient (Wildman–Crippen LogP) is 2.97. The summed E-state index contributed by atoms with van der Waals surface area (Å²) < 4.78 is 10.3. The summed E-state index contributed by atoms with van der Waals surface area (Å²) in [5, 5.41) is 2.69. The first-order valence-corrected chi connectivity index (χ1v) is 10.1. The summed E-state index contributed by atoms with van der Waals surface area (Å²) in [6.45, 7) is -0.420. The van der Waals surface area contributed by atoms with Gasteiger partial charge in [0.2, 0.25) is 5.78 Å². The molecule has 1 N–H and O–H groups in total. The van der Waals surface area contributed by atoms with Gasteiger partial charge in [0.15, 0.2) is 6.61 Å². The van der Waals surface area contributed by atoms with E-state index in [-0.39, 0.29) is 11.7 Å². The first kappa shape index (κ1) is 21.5. The largest absolute Gasteiger partial charge is 0.496 e. The molecule has 148 valence electrons. The monoisotopic (exact) mass is 401 g/mol. The Labute approximate surface area is 168 Å². The van der Waals surface area contributed by atoms with Crippen LogP contribution in [0, 0.1) is 0 Å². The lowest BCUT2D eigenvalue weighted by atomic mass is 10.1. The van der Waals surface area contributed by atoms with E-state index in [0.29, 0.717) is 29.1 Å². The number of amides is 1. The number of benzene rings is 2. The third-order valence-electron chi connectivity index (χ3n) is 3.99. The minimum Gasteiger partial charge on any atom is -0.496 e. The Morgan fingerprint density at radius 1 is 1.04 bits per heavy atom. The van der Waals surface area contributed by atoms with Crippen LogP contribution in [0.3, 0.4) is 0 Å². The van der Waals surface area contributed by atoms with Gasteiger partial charge in [0.1, 0.15) is 11.8 Å². The predicted molar refractivity (Wildman–Crippen MR) is 109 cm³/mol. The van der Waals surface area contributed by atoms with E-state index >= 15 is 0 Å². The Hall–Kier alpha value is -2.80. The highest BCUT2D eigenvalue weighted by Gasteiger charge is 2.24. The number of ketones is 1. The van der Waals surface area contributed by atoms with Gasteiger partial charge in [0.25, 0.3) is 5.91 Å². The summed E-state index contributed by atoms with van der Waals surface area (Å²) in [5.41, 5.74) is 0.793. The highest BCUT2D eigenvalue weighted by molar-refractivity contribution is 7.98. The minimum atomic E-state index is -0.828. The molecule has 2 aromatic carbocycles. The van der Waals surface area contributed by atoms with Crippen LogP contribution in [0.25, 0.3) is 0 Å². The van der Waals surface area contributed by atoms with Crippen LogP contribution < -0.4 is 10.1 Å². The van der Waals surface area contributed by atoms with Crippen LogP contribution in [0.2, 0.25) is 0 Å². The highest BCUT2D eigenvalue weighted by atomic mass is 32.2. The Morgan fingerprint density at radius 3 is 2.39 bits per heavy atom. The molecule has 0 unspecified atom stereocenters. The fraction of sp³-hybridized carbons (Fsp3) is 0.286. The lowest BCUT2D eigenvalue weighted by Crippen LogP contribution is -2.42. The lowest BCUT2D eigenvalue weighted by molar-refractivity contribution is -0.144. The zero-order valence-corrected chi connectivity index (χ0v) is 16.7. The van der Waals surface area contributed by atoms with Gasteiger partial charge in [-0.2, -0.15) is 11.8 Å². The fourth-order valence-corrected chi connectivity index (χ4v) is 2.98. The topological polar surface area (TPSA) is 81.7 Å². The summed E-state index contributed by atoms with van der Waals surface area (Å²) >= 11 is 1.55. The number of carbonyl (C=O) groups is 3. The first-order valence-electron chi connectivity index (χ1n) is 8.74. The molecule has 0 fully saturated rings. The van der Waals surface area contributed by atoms with Crippen molar-refractivity contribution in [1.29, 1.82) is 0 Å². The molecule has 0 spiro atoms. The third kappa shape index (κ3) is 6.13. The fourth-order valence-electron chi connectivity index (χ4n) is 2.51. The average molecular weight is 401 g/mol. The average Bonchev–Trinajstić information content (AvgIpc) is 2.75. The smallest absolute Gasteiger partial charge is 0.329 e. The number of thioether (sulfide) groups is 1. The van der Waals surface area contributed by atoms with Crippen molar-refractivity contribution in [2.24, 2.45) is 0 Å². The van der Waals surface area contributed by atoms with Crippen LogP contribution >= 0.6 is 11.8 Å². The molecule has 0 saturated carbocycles. The Morgan fingerprint density at radius 2 is 1.71 bits per heavy atom. The maximum atomic E-state index is 12.5. The van der Waals surface area contributed by atoms with E-state index in [1.807, 2.05) is 6.26 Å². The van der Waals surface area contributed by atoms with E-state index in [2.05, 4.69) is 5.32 Å². The molecule has 7 heteroatoms. The zero-order valence-electron chi connectivity index (χ0n) is 15.8. The first-order chi connectivity index (χ1) is 13.6. The summed E-state index contributed by atoms with van der Waals surface area (Å²) in [6.07, 6.45) is 2.31. The van der Waals surface area contributed by atoms with E-state index in [1.165, 1.54) is 7.11 Å². The summed E-state index contributed by atoms with van der Waals surface area (Å²) in [6, 6.07) is 14.5. The van der Waals surface area contributed by atoms with Crippen LogP contribution in [0.15, 0.2) is 54.6 Å². The second-order valence-corrected chi connectivity index (χ2v) is 6.89. The Kier molecular flexibility index (Phi) is 8.55. The van der Waals surface area contributed by atoms with Crippen LogP contribution in [0.5, 0.6) is 5.75 Å². The van der Waals surface area contributed by atoms with Gasteiger partial charge in [-0.15, -0.1) is 0 Å². The van der Waals surface area contributed by atoms with Gasteiger partial charge in [-0.1, -0.05) is 30.3 Å². The molecule has 2 rings (SSSR count). The normalized spacial score (nSPS) is 11.4. The second-order valence-electron chi connectivity index (χ2n) is 5.90. The number of para-hydroxylation sites is 1. The molecule has 28 heavy (non-hydrogen) atoms. The van der Waals surface area contributed by atoms with E-state index in [0.717, 1.165) is 0 Å². The molecular formula is C21H23NO5S. The number of hydrogen-bond acceptors (Lipinski definition) is 6. The Bertz CT molecular complexity index is 809.